The minimum Gasteiger partial charge on any atom is -0.354 e. The molecule has 1 aliphatic carbocycles. The molecule has 0 radical (unpaired) electrons. The first kappa shape index (κ1) is 23.5. The number of benzene rings is 1. The van der Waals surface area contributed by atoms with Crippen molar-refractivity contribution in [1.29, 1.82) is 0 Å². The summed E-state index contributed by atoms with van der Waals surface area (Å²) >= 11 is 1.95. The topological polar surface area (TPSA) is 83.3 Å². The number of amides is 1. The highest BCUT2D eigenvalue weighted by Gasteiger charge is 2.24. The summed E-state index contributed by atoms with van der Waals surface area (Å²) in [5.74, 6) is 0.718. The molecule has 1 saturated carbocycles. The van der Waals surface area contributed by atoms with Gasteiger partial charge in [0.05, 0.1) is 0 Å². The summed E-state index contributed by atoms with van der Waals surface area (Å²) in [5, 5.41) is 14.6. The fourth-order valence-corrected chi connectivity index (χ4v) is 4.16. The lowest BCUT2D eigenvalue weighted by molar-refractivity contribution is -0.116. The molecule has 0 saturated heterocycles. The van der Waals surface area contributed by atoms with Crippen molar-refractivity contribution in [2.45, 2.75) is 43.6 Å². The smallest absolute Gasteiger partial charge is 0.246 e. The number of halogens is 1. The fourth-order valence-electron chi connectivity index (χ4n) is 3.36. The zero-order chi connectivity index (χ0) is 19.8. The van der Waals surface area contributed by atoms with E-state index in [1.54, 1.807) is 30.2 Å². The highest BCUT2D eigenvalue weighted by molar-refractivity contribution is 14.0. The van der Waals surface area contributed by atoms with Crippen molar-refractivity contribution in [3.8, 4) is 0 Å². The molecule has 7 nitrogen and oxygen atoms in total. The number of hydrogen-bond acceptors (Lipinski definition) is 4. The third-order valence-electron chi connectivity index (χ3n) is 4.82. The Morgan fingerprint density at radius 3 is 2.90 bits per heavy atom. The Morgan fingerprint density at radius 2 is 2.21 bits per heavy atom. The highest BCUT2D eigenvalue weighted by atomic mass is 127. The van der Waals surface area contributed by atoms with Gasteiger partial charge in [-0.1, -0.05) is 12.1 Å². The largest absolute Gasteiger partial charge is 0.354 e. The molecule has 1 heterocycles. The van der Waals surface area contributed by atoms with Crippen LogP contribution in [0.4, 0.5) is 5.69 Å². The zero-order valence-corrected chi connectivity index (χ0v) is 19.9. The van der Waals surface area contributed by atoms with Crippen LogP contribution in [0, 0.1) is 0 Å². The number of hydrogen-bond donors (Lipinski definition) is 3. The van der Waals surface area contributed by atoms with Crippen molar-refractivity contribution in [3.05, 3.63) is 48.3 Å². The van der Waals surface area contributed by atoms with E-state index in [1.807, 2.05) is 36.0 Å². The van der Waals surface area contributed by atoms with Crippen molar-refractivity contribution < 1.29 is 4.79 Å². The average Bonchev–Trinajstić information content (AvgIpc) is 3.37. The van der Waals surface area contributed by atoms with Gasteiger partial charge < -0.3 is 16.0 Å². The number of anilines is 1. The molecule has 158 valence electrons. The molecule has 1 fully saturated rings. The summed E-state index contributed by atoms with van der Waals surface area (Å²) in [5.41, 5.74) is 1.85. The summed E-state index contributed by atoms with van der Waals surface area (Å²) < 4.78 is 1.60. The molecule has 3 rings (SSSR count). The fraction of sp³-hybridized carbons (Fsp3) is 0.450. The first-order chi connectivity index (χ1) is 13.7. The first-order valence-electron chi connectivity index (χ1n) is 9.52. The van der Waals surface area contributed by atoms with Crippen LogP contribution >= 0.6 is 35.7 Å². The summed E-state index contributed by atoms with van der Waals surface area (Å²) in [6.07, 6.45) is 9.23. The Morgan fingerprint density at radius 1 is 1.34 bits per heavy atom. The predicted molar refractivity (Wildman–Crippen MR) is 131 cm³/mol. The number of nitrogens with one attached hydrogen (secondary N) is 3. The molecule has 1 aromatic carbocycles. The number of guanidine groups is 1. The van der Waals surface area contributed by atoms with Crippen molar-refractivity contribution in [1.82, 2.24) is 20.4 Å². The lowest BCUT2D eigenvalue weighted by Crippen LogP contribution is -2.42. The first-order valence-corrected chi connectivity index (χ1v) is 10.8. The average molecular weight is 528 g/mol. The van der Waals surface area contributed by atoms with Crippen LogP contribution in [-0.4, -0.2) is 46.2 Å². The molecule has 2 aromatic rings. The van der Waals surface area contributed by atoms with E-state index in [1.165, 1.54) is 19.3 Å². The van der Waals surface area contributed by atoms with Gasteiger partial charge in [-0.3, -0.25) is 14.5 Å². The van der Waals surface area contributed by atoms with Crippen LogP contribution in [0.3, 0.4) is 0 Å². The molecule has 9 heteroatoms. The van der Waals surface area contributed by atoms with Crippen LogP contribution in [0.25, 0.3) is 0 Å². The molecule has 3 N–H and O–H groups in total. The van der Waals surface area contributed by atoms with Crippen molar-refractivity contribution in [2.24, 2.45) is 4.99 Å². The van der Waals surface area contributed by atoms with Crippen molar-refractivity contribution in [2.75, 3.05) is 18.6 Å². The maximum absolute atomic E-state index is 12.1. The van der Waals surface area contributed by atoms with Gasteiger partial charge in [-0.25, -0.2) is 0 Å². The molecule has 0 aliphatic heterocycles. The van der Waals surface area contributed by atoms with Gasteiger partial charge in [0.15, 0.2) is 5.96 Å². The Bertz CT molecular complexity index is 798. The number of rotatable bonds is 7. The van der Waals surface area contributed by atoms with Gasteiger partial charge in [0, 0.05) is 43.0 Å². The van der Waals surface area contributed by atoms with Gasteiger partial charge in [-0.05, 0) is 49.3 Å². The highest BCUT2D eigenvalue weighted by Crippen LogP contribution is 2.28. The zero-order valence-electron chi connectivity index (χ0n) is 16.8. The second-order valence-electron chi connectivity index (χ2n) is 6.89. The summed E-state index contributed by atoms with van der Waals surface area (Å²) in [4.78, 5) is 16.5. The number of aliphatic imine (C=N–C) groups is 1. The van der Waals surface area contributed by atoms with E-state index in [0.29, 0.717) is 12.6 Å². The van der Waals surface area contributed by atoms with Crippen LogP contribution < -0.4 is 16.0 Å². The van der Waals surface area contributed by atoms with Gasteiger partial charge in [-0.2, -0.15) is 16.9 Å². The minimum atomic E-state index is -0.101. The SMILES string of the molecule is CN=C(NCc1cccc(NC(=O)Cn2cccn2)c1)NC1CCC(SC)C1.I. The summed E-state index contributed by atoms with van der Waals surface area (Å²) in [6, 6.07) is 10.1. The van der Waals surface area contributed by atoms with Gasteiger partial charge in [0.2, 0.25) is 5.91 Å². The monoisotopic (exact) mass is 528 g/mol. The minimum absolute atomic E-state index is 0. The van der Waals surface area contributed by atoms with E-state index in [-0.39, 0.29) is 36.4 Å². The summed E-state index contributed by atoms with van der Waals surface area (Å²) in [7, 11) is 1.79. The van der Waals surface area contributed by atoms with Crippen molar-refractivity contribution >= 4 is 53.3 Å². The molecule has 0 spiro atoms. The van der Waals surface area contributed by atoms with Crippen LogP contribution in [0.5, 0.6) is 0 Å². The van der Waals surface area contributed by atoms with Gasteiger partial charge in [-0.15, -0.1) is 24.0 Å². The molecule has 2 unspecified atom stereocenters. The number of carbonyl (C=O) groups excluding carboxylic acids is 1. The maximum Gasteiger partial charge on any atom is 0.246 e. The molecule has 1 amide bonds. The predicted octanol–water partition coefficient (Wildman–Crippen LogP) is 3.09. The molecule has 2 atom stereocenters. The number of carbonyl (C=O) groups is 1. The van der Waals surface area contributed by atoms with E-state index >= 15 is 0 Å². The van der Waals surface area contributed by atoms with E-state index in [2.05, 4.69) is 32.3 Å². The molecule has 1 aromatic heterocycles. The third-order valence-corrected chi connectivity index (χ3v) is 5.91. The lowest BCUT2D eigenvalue weighted by atomic mass is 10.2. The normalized spacial score (nSPS) is 18.8. The molecule has 29 heavy (non-hydrogen) atoms. The van der Waals surface area contributed by atoms with E-state index in [0.717, 1.165) is 22.5 Å². The van der Waals surface area contributed by atoms with Gasteiger partial charge in [0.1, 0.15) is 6.54 Å². The van der Waals surface area contributed by atoms with Crippen LogP contribution in [0.15, 0.2) is 47.7 Å². The van der Waals surface area contributed by atoms with Crippen molar-refractivity contribution in [3.63, 3.8) is 0 Å². The van der Waals surface area contributed by atoms with E-state index < -0.39 is 0 Å². The summed E-state index contributed by atoms with van der Waals surface area (Å²) in [6.45, 7) is 0.839. The van der Waals surface area contributed by atoms with Crippen LogP contribution in [-0.2, 0) is 17.9 Å². The lowest BCUT2D eigenvalue weighted by Gasteiger charge is -2.17. The van der Waals surface area contributed by atoms with Crippen LogP contribution in [0.2, 0.25) is 0 Å². The molecular weight excluding hydrogens is 499 g/mol. The van der Waals surface area contributed by atoms with Gasteiger partial charge >= 0.3 is 0 Å². The van der Waals surface area contributed by atoms with Crippen LogP contribution in [0.1, 0.15) is 24.8 Å². The van der Waals surface area contributed by atoms with Gasteiger partial charge in [0.25, 0.3) is 0 Å². The molecule has 0 bridgehead atoms. The Labute approximate surface area is 193 Å². The Kier molecular flexibility index (Phi) is 9.79. The number of nitrogens with zero attached hydrogens (tertiary/aromatic N) is 3. The standard InChI is InChI=1S/C20H28N6OS.HI/c1-21-20(25-17-7-8-18(12-17)28-2)22-13-15-5-3-6-16(11-15)24-19(27)14-26-10-4-9-23-26;/h3-6,9-11,17-18H,7-8,12-14H2,1-2H3,(H,24,27)(H2,21,22,25);1H. The Hall–Kier alpha value is -1.75. The number of thioether (sulfide) groups is 1. The van der Waals surface area contributed by atoms with E-state index in [4.69, 9.17) is 0 Å². The second-order valence-corrected chi connectivity index (χ2v) is 8.03. The second kappa shape index (κ2) is 12.1. The third kappa shape index (κ3) is 7.54. The Balaban J connectivity index is 0.00000300. The van der Waals surface area contributed by atoms with E-state index in [9.17, 15) is 4.79 Å². The quantitative estimate of drug-likeness (QED) is 0.292. The molecule has 1 aliphatic rings. The maximum atomic E-state index is 12.1. The number of aromatic nitrogens is 2. The molecular formula is C20H29IN6OS.